The van der Waals surface area contributed by atoms with E-state index in [0.717, 1.165) is 13.2 Å². The van der Waals surface area contributed by atoms with E-state index in [9.17, 15) is 0 Å². The molecule has 1 N–H and O–H groups in total. The molecule has 1 heterocycles. The summed E-state index contributed by atoms with van der Waals surface area (Å²) in [6.45, 7) is 4.18. The first kappa shape index (κ1) is 12.3. The van der Waals surface area contributed by atoms with E-state index in [2.05, 4.69) is 12.2 Å². The zero-order valence-electron chi connectivity index (χ0n) is 10.6. The number of ether oxygens (including phenoxy) is 2. The Morgan fingerprint density at radius 3 is 2.62 bits per heavy atom. The van der Waals surface area contributed by atoms with Gasteiger partial charge in [0, 0.05) is 26.3 Å². The second kappa shape index (κ2) is 5.48. The first-order valence-corrected chi connectivity index (χ1v) is 6.62. The van der Waals surface area contributed by atoms with Crippen LogP contribution in [0.1, 0.15) is 45.4 Å². The van der Waals surface area contributed by atoms with Crippen molar-refractivity contribution < 1.29 is 9.47 Å². The zero-order chi connectivity index (χ0) is 11.4. The van der Waals surface area contributed by atoms with E-state index in [1.54, 1.807) is 0 Å². The summed E-state index contributed by atoms with van der Waals surface area (Å²) in [4.78, 5) is 0. The molecule has 0 bridgehead atoms. The highest BCUT2D eigenvalue weighted by atomic mass is 16.5. The molecule has 2 aliphatic rings. The molecule has 2 rings (SSSR count). The topological polar surface area (TPSA) is 30.5 Å². The van der Waals surface area contributed by atoms with Crippen molar-refractivity contribution in [2.45, 2.75) is 63.2 Å². The van der Waals surface area contributed by atoms with Crippen LogP contribution in [-0.2, 0) is 9.47 Å². The molecule has 0 aromatic heterocycles. The molecule has 0 amide bonds. The Hall–Kier alpha value is -0.120. The van der Waals surface area contributed by atoms with Gasteiger partial charge in [0.1, 0.15) is 0 Å². The molecule has 3 heteroatoms. The van der Waals surface area contributed by atoms with Crippen LogP contribution in [0.15, 0.2) is 0 Å². The Bertz CT molecular complexity index is 206. The maximum atomic E-state index is 5.79. The SMILES string of the molecule is COC1CCC(NCC2(C)CCCO2)CC1. The van der Waals surface area contributed by atoms with E-state index in [1.165, 1.54) is 38.5 Å². The van der Waals surface area contributed by atoms with E-state index in [-0.39, 0.29) is 5.60 Å². The molecule has 1 saturated carbocycles. The average Bonchev–Trinajstić information content (AvgIpc) is 2.75. The molecule has 0 aromatic carbocycles. The molecule has 0 radical (unpaired) electrons. The van der Waals surface area contributed by atoms with Crippen molar-refractivity contribution in [1.29, 1.82) is 0 Å². The minimum Gasteiger partial charge on any atom is -0.381 e. The lowest BCUT2D eigenvalue weighted by Crippen LogP contribution is -2.44. The van der Waals surface area contributed by atoms with Gasteiger partial charge in [-0.1, -0.05) is 0 Å². The van der Waals surface area contributed by atoms with Gasteiger partial charge in [0.05, 0.1) is 11.7 Å². The molecule has 94 valence electrons. The van der Waals surface area contributed by atoms with Crippen LogP contribution in [0.4, 0.5) is 0 Å². The molecule has 0 spiro atoms. The summed E-state index contributed by atoms with van der Waals surface area (Å²) in [5.74, 6) is 0. The number of nitrogens with one attached hydrogen (secondary N) is 1. The fourth-order valence-electron chi connectivity index (χ4n) is 2.84. The van der Waals surface area contributed by atoms with E-state index in [0.29, 0.717) is 12.1 Å². The van der Waals surface area contributed by atoms with Crippen LogP contribution in [0, 0.1) is 0 Å². The van der Waals surface area contributed by atoms with E-state index >= 15 is 0 Å². The van der Waals surface area contributed by atoms with Gasteiger partial charge in [-0.2, -0.15) is 0 Å². The van der Waals surface area contributed by atoms with Gasteiger partial charge in [0.2, 0.25) is 0 Å². The predicted octanol–water partition coefficient (Wildman–Crippen LogP) is 2.10. The highest BCUT2D eigenvalue weighted by Crippen LogP contribution is 2.26. The quantitative estimate of drug-likeness (QED) is 0.798. The highest BCUT2D eigenvalue weighted by molar-refractivity contribution is 4.85. The molecule has 0 aromatic rings. The Kier molecular flexibility index (Phi) is 4.22. The van der Waals surface area contributed by atoms with E-state index in [4.69, 9.17) is 9.47 Å². The third-order valence-corrected chi connectivity index (χ3v) is 4.07. The van der Waals surface area contributed by atoms with Crippen molar-refractivity contribution in [3.8, 4) is 0 Å². The fourth-order valence-corrected chi connectivity index (χ4v) is 2.84. The van der Waals surface area contributed by atoms with Gasteiger partial charge in [-0.3, -0.25) is 0 Å². The molecule has 1 aliphatic carbocycles. The predicted molar refractivity (Wildman–Crippen MR) is 64.6 cm³/mol. The van der Waals surface area contributed by atoms with Gasteiger partial charge in [0.15, 0.2) is 0 Å². The van der Waals surface area contributed by atoms with E-state index < -0.39 is 0 Å². The van der Waals surface area contributed by atoms with Gasteiger partial charge in [0.25, 0.3) is 0 Å². The summed E-state index contributed by atoms with van der Waals surface area (Å²) in [7, 11) is 1.83. The van der Waals surface area contributed by atoms with Crippen molar-refractivity contribution in [2.24, 2.45) is 0 Å². The Morgan fingerprint density at radius 2 is 2.06 bits per heavy atom. The van der Waals surface area contributed by atoms with Crippen molar-refractivity contribution in [3.63, 3.8) is 0 Å². The number of methoxy groups -OCH3 is 1. The molecule has 1 saturated heterocycles. The molecule has 1 atom stereocenters. The number of hydrogen-bond donors (Lipinski definition) is 1. The minimum absolute atomic E-state index is 0.0953. The normalized spacial score (nSPS) is 40.1. The van der Waals surface area contributed by atoms with Crippen molar-refractivity contribution in [2.75, 3.05) is 20.3 Å². The van der Waals surface area contributed by atoms with Gasteiger partial charge >= 0.3 is 0 Å². The molecule has 1 aliphatic heterocycles. The zero-order valence-corrected chi connectivity index (χ0v) is 10.6. The first-order chi connectivity index (χ1) is 7.72. The lowest BCUT2D eigenvalue weighted by Gasteiger charge is -2.31. The molecule has 2 fully saturated rings. The first-order valence-electron chi connectivity index (χ1n) is 6.62. The monoisotopic (exact) mass is 227 g/mol. The summed E-state index contributed by atoms with van der Waals surface area (Å²) in [6, 6.07) is 0.674. The standard InChI is InChI=1S/C13H25NO2/c1-13(8-3-9-16-13)10-14-11-4-6-12(15-2)7-5-11/h11-12,14H,3-10H2,1-2H3. The minimum atomic E-state index is 0.0953. The molecule has 16 heavy (non-hydrogen) atoms. The maximum absolute atomic E-state index is 5.79. The molecular weight excluding hydrogens is 202 g/mol. The summed E-state index contributed by atoms with van der Waals surface area (Å²) in [5, 5.41) is 3.67. The molecule has 3 nitrogen and oxygen atoms in total. The van der Waals surface area contributed by atoms with Gasteiger partial charge in [-0.05, 0) is 45.4 Å². The smallest absolute Gasteiger partial charge is 0.0779 e. The average molecular weight is 227 g/mol. The molecular formula is C13H25NO2. The third kappa shape index (κ3) is 3.19. The summed E-state index contributed by atoms with van der Waals surface area (Å²) in [6.07, 6.45) is 7.80. The van der Waals surface area contributed by atoms with Crippen LogP contribution in [0.3, 0.4) is 0 Å². The van der Waals surface area contributed by atoms with Crippen molar-refractivity contribution in [3.05, 3.63) is 0 Å². The fraction of sp³-hybridized carbons (Fsp3) is 1.00. The second-order valence-electron chi connectivity index (χ2n) is 5.49. The van der Waals surface area contributed by atoms with Crippen LogP contribution in [0.25, 0.3) is 0 Å². The summed E-state index contributed by atoms with van der Waals surface area (Å²) in [5.41, 5.74) is 0.0953. The van der Waals surface area contributed by atoms with Crippen LogP contribution in [-0.4, -0.2) is 38.0 Å². The van der Waals surface area contributed by atoms with Gasteiger partial charge < -0.3 is 14.8 Å². The maximum Gasteiger partial charge on any atom is 0.0779 e. The van der Waals surface area contributed by atoms with Crippen LogP contribution in [0.2, 0.25) is 0 Å². The van der Waals surface area contributed by atoms with Crippen molar-refractivity contribution in [1.82, 2.24) is 5.32 Å². The number of hydrogen-bond acceptors (Lipinski definition) is 3. The Balaban J connectivity index is 1.67. The van der Waals surface area contributed by atoms with Gasteiger partial charge in [-0.15, -0.1) is 0 Å². The number of rotatable bonds is 4. The Labute approximate surface area is 98.9 Å². The van der Waals surface area contributed by atoms with Crippen LogP contribution >= 0.6 is 0 Å². The third-order valence-electron chi connectivity index (χ3n) is 4.07. The van der Waals surface area contributed by atoms with Gasteiger partial charge in [-0.25, -0.2) is 0 Å². The van der Waals surface area contributed by atoms with Crippen molar-refractivity contribution >= 4 is 0 Å². The second-order valence-corrected chi connectivity index (χ2v) is 5.49. The van der Waals surface area contributed by atoms with Crippen LogP contribution < -0.4 is 5.32 Å². The lowest BCUT2D eigenvalue weighted by atomic mass is 9.92. The summed E-state index contributed by atoms with van der Waals surface area (Å²) < 4.78 is 11.2. The molecule has 1 unspecified atom stereocenters. The Morgan fingerprint density at radius 1 is 1.31 bits per heavy atom. The summed E-state index contributed by atoms with van der Waals surface area (Å²) >= 11 is 0. The highest BCUT2D eigenvalue weighted by Gasteiger charge is 2.30. The van der Waals surface area contributed by atoms with Crippen LogP contribution in [0.5, 0.6) is 0 Å². The largest absolute Gasteiger partial charge is 0.381 e. The lowest BCUT2D eigenvalue weighted by molar-refractivity contribution is 0.0140. The van der Waals surface area contributed by atoms with E-state index in [1.807, 2.05) is 7.11 Å².